The zero-order valence-electron chi connectivity index (χ0n) is 10.8. The van der Waals surface area contributed by atoms with Gasteiger partial charge in [0.2, 0.25) is 5.91 Å². The van der Waals surface area contributed by atoms with Crippen LogP contribution in [0.3, 0.4) is 0 Å². The van der Waals surface area contributed by atoms with E-state index >= 15 is 0 Å². The number of hydrogen-bond acceptors (Lipinski definition) is 3. The molecule has 0 radical (unpaired) electrons. The van der Waals surface area contributed by atoms with Gasteiger partial charge in [0.05, 0.1) is 15.7 Å². The van der Waals surface area contributed by atoms with Gasteiger partial charge in [0, 0.05) is 17.0 Å². The summed E-state index contributed by atoms with van der Waals surface area (Å²) in [7, 11) is 0. The first-order chi connectivity index (χ1) is 9.97. The molecule has 2 aromatic rings. The number of carbonyl (C=O) groups is 1. The molecule has 1 aromatic carbocycles. The Balaban J connectivity index is 2.57. The fourth-order valence-corrected chi connectivity index (χ4v) is 2.73. The van der Waals surface area contributed by atoms with E-state index in [2.05, 4.69) is 15.5 Å². The minimum absolute atomic E-state index is 0.140. The summed E-state index contributed by atoms with van der Waals surface area (Å²) in [5.41, 5.74) is 0.891. The van der Waals surface area contributed by atoms with Crippen molar-refractivity contribution in [2.24, 2.45) is 0 Å². The topological polar surface area (TPSA) is 81.6 Å². The van der Waals surface area contributed by atoms with Crippen molar-refractivity contribution in [1.82, 2.24) is 10.2 Å². The van der Waals surface area contributed by atoms with E-state index in [0.717, 1.165) is 0 Å². The van der Waals surface area contributed by atoms with Gasteiger partial charge < -0.3 is 5.32 Å². The Morgan fingerprint density at radius 3 is 2.52 bits per heavy atom. The van der Waals surface area contributed by atoms with Gasteiger partial charge in [-0.05, 0) is 12.1 Å². The van der Waals surface area contributed by atoms with Gasteiger partial charge in [0.15, 0.2) is 5.82 Å². The van der Waals surface area contributed by atoms with Gasteiger partial charge >= 0.3 is 0 Å². The maximum Gasteiger partial charge on any atom is 0.225 e. The fourth-order valence-electron chi connectivity index (χ4n) is 1.72. The highest BCUT2D eigenvalue weighted by molar-refractivity contribution is 6.41. The summed E-state index contributed by atoms with van der Waals surface area (Å²) in [5.74, 6) is -0.112. The van der Waals surface area contributed by atoms with Crippen LogP contribution in [0.4, 0.5) is 5.82 Å². The first kappa shape index (κ1) is 15.6. The molecule has 0 aliphatic carbocycles. The number of anilines is 1. The van der Waals surface area contributed by atoms with Crippen molar-refractivity contribution in [1.29, 1.82) is 5.26 Å². The molecule has 2 rings (SSSR count). The normalized spacial score (nSPS) is 10.2. The van der Waals surface area contributed by atoms with Crippen molar-refractivity contribution in [2.75, 3.05) is 5.32 Å². The van der Waals surface area contributed by atoms with Crippen LogP contribution in [0.2, 0.25) is 15.1 Å². The smallest absolute Gasteiger partial charge is 0.225 e. The van der Waals surface area contributed by atoms with Gasteiger partial charge in [-0.3, -0.25) is 9.89 Å². The van der Waals surface area contributed by atoms with E-state index in [1.165, 1.54) is 12.1 Å². The zero-order valence-corrected chi connectivity index (χ0v) is 13.1. The fraction of sp³-hybridized carbons (Fsp3) is 0.154. The molecule has 0 unspecified atom stereocenters. The van der Waals surface area contributed by atoms with E-state index < -0.39 is 0 Å². The molecule has 0 saturated carbocycles. The molecule has 0 atom stereocenters. The van der Waals surface area contributed by atoms with Crippen molar-refractivity contribution < 1.29 is 4.79 Å². The molecule has 2 N–H and O–H groups in total. The highest BCUT2D eigenvalue weighted by Crippen LogP contribution is 2.39. The highest BCUT2D eigenvalue weighted by Gasteiger charge is 2.20. The second-order valence-electron chi connectivity index (χ2n) is 4.08. The van der Waals surface area contributed by atoms with E-state index in [1.54, 1.807) is 6.92 Å². The van der Waals surface area contributed by atoms with E-state index in [0.29, 0.717) is 16.3 Å². The minimum Gasteiger partial charge on any atom is -0.308 e. The monoisotopic (exact) mass is 342 g/mol. The first-order valence-electron chi connectivity index (χ1n) is 5.91. The molecule has 8 heteroatoms. The summed E-state index contributed by atoms with van der Waals surface area (Å²) in [6, 6.07) is 5.00. The lowest BCUT2D eigenvalue weighted by Gasteiger charge is -2.06. The lowest BCUT2D eigenvalue weighted by Crippen LogP contribution is -2.10. The van der Waals surface area contributed by atoms with Crippen molar-refractivity contribution in [3.63, 3.8) is 0 Å². The number of halogens is 3. The summed E-state index contributed by atoms with van der Waals surface area (Å²) in [4.78, 5) is 11.4. The standard InChI is InChI=1S/C13H9Cl3N4O/c1-2-10(21)18-13-7(5-17)12(19-20-13)11-8(15)3-6(14)4-9(11)16/h3-4H,2H2,1H3,(H2,18,19,20,21). The molecule has 0 aliphatic heterocycles. The number of rotatable bonds is 3. The number of nitrogens with one attached hydrogen (secondary N) is 2. The molecular formula is C13H9Cl3N4O. The van der Waals surface area contributed by atoms with Crippen LogP contribution in [0.15, 0.2) is 12.1 Å². The van der Waals surface area contributed by atoms with Crippen LogP contribution < -0.4 is 5.32 Å². The molecule has 1 aromatic heterocycles. The van der Waals surface area contributed by atoms with Gasteiger partial charge in [-0.2, -0.15) is 10.4 Å². The Kier molecular flexibility index (Phi) is 4.73. The van der Waals surface area contributed by atoms with E-state index in [-0.39, 0.29) is 33.8 Å². The first-order valence-corrected chi connectivity index (χ1v) is 7.04. The maximum absolute atomic E-state index is 11.4. The summed E-state index contributed by atoms with van der Waals surface area (Å²) in [6.07, 6.45) is 0.273. The number of nitriles is 1. The molecular weight excluding hydrogens is 335 g/mol. The third-order valence-electron chi connectivity index (χ3n) is 2.71. The third kappa shape index (κ3) is 3.13. The number of H-pyrrole nitrogens is 1. The van der Waals surface area contributed by atoms with E-state index in [4.69, 9.17) is 34.8 Å². The molecule has 0 spiro atoms. The number of hydrogen-bond donors (Lipinski definition) is 2. The van der Waals surface area contributed by atoms with Crippen LogP contribution in [0.25, 0.3) is 11.3 Å². The number of aromatic amines is 1. The van der Waals surface area contributed by atoms with Gasteiger partial charge in [-0.25, -0.2) is 0 Å². The van der Waals surface area contributed by atoms with Crippen molar-refractivity contribution in [2.45, 2.75) is 13.3 Å². The number of amides is 1. The van der Waals surface area contributed by atoms with Crippen molar-refractivity contribution >= 4 is 46.5 Å². The predicted octanol–water partition coefficient (Wildman–Crippen LogP) is 4.26. The van der Waals surface area contributed by atoms with E-state index in [9.17, 15) is 10.1 Å². The van der Waals surface area contributed by atoms with Crippen LogP contribution >= 0.6 is 34.8 Å². The van der Waals surface area contributed by atoms with Gasteiger partial charge in [0.1, 0.15) is 11.6 Å². The lowest BCUT2D eigenvalue weighted by atomic mass is 10.1. The molecule has 1 amide bonds. The second-order valence-corrected chi connectivity index (χ2v) is 5.33. The predicted molar refractivity (Wildman–Crippen MR) is 82.7 cm³/mol. The molecule has 0 bridgehead atoms. The van der Waals surface area contributed by atoms with Gasteiger partial charge in [-0.15, -0.1) is 0 Å². The average Bonchev–Trinajstić information content (AvgIpc) is 2.80. The average molecular weight is 344 g/mol. The van der Waals surface area contributed by atoms with Crippen LogP contribution in [-0.2, 0) is 4.79 Å². The van der Waals surface area contributed by atoms with Gasteiger partial charge in [-0.1, -0.05) is 41.7 Å². The van der Waals surface area contributed by atoms with Crippen LogP contribution in [0.5, 0.6) is 0 Å². The summed E-state index contributed by atoms with van der Waals surface area (Å²) in [6.45, 7) is 1.70. The molecule has 21 heavy (non-hydrogen) atoms. The molecule has 5 nitrogen and oxygen atoms in total. The van der Waals surface area contributed by atoms with Crippen molar-refractivity contribution in [3.05, 3.63) is 32.8 Å². The number of nitrogens with zero attached hydrogens (tertiary/aromatic N) is 2. The molecule has 0 saturated heterocycles. The summed E-state index contributed by atoms with van der Waals surface area (Å²) in [5, 5.41) is 19.4. The second kappa shape index (κ2) is 6.35. The number of aromatic nitrogens is 2. The number of carbonyl (C=O) groups excluding carboxylic acids is 1. The summed E-state index contributed by atoms with van der Waals surface area (Å²) >= 11 is 18.1. The van der Waals surface area contributed by atoms with Gasteiger partial charge in [0.25, 0.3) is 0 Å². The minimum atomic E-state index is -0.252. The summed E-state index contributed by atoms with van der Waals surface area (Å²) < 4.78 is 0. The van der Waals surface area contributed by atoms with E-state index in [1.807, 2.05) is 6.07 Å². The van der Waals surface area contributed by atoms with Crippen LogP contribution in [-0.4, -0.2) is 16.1 Å². The Morgan fingerprint density at radius 1 is 1.38 bits per heavy atom. The Bertz CT molecular complexity index is 725. The molecule has 0 fully saturated rings. The quantitative estimate of drug-likeness (QED) is 0.873. The zero-order chi connectivity index (χ0) is 15.6. The van der Waals surface area contributed by atoms with Crippen molar-refractivity contribution in [3.8, 4) is 17.3 Å². The molecule has 1 heterocycles. The lowest BCUT2D eigenvalue weighted by molar-refractivity contribution is -0.115. The number of benzene rings is 1. The maximum atomic E-state index is 11.4. The van der Waals surface area contributed by atoms with Crippen LogP contribution in [0.1, 0.15) is 18.9 Å². The van der Waals surface area contributed by atoms with Crippen LogP contribution in [0, 0.1) is 11.3 Å². The Morgan fingerprint density at radius 2 is 2.00 bits per heavy atom. The third-order valence-corrected chi connectivity index (χ3v) is 3.53. The molecule has 108 valence electrons. The Hall–Kier alpha value is -1.74. The largest absolute Gasteiger partial charge is 0.308 e. The molecule has 0 aliphatic rings. The highest BCUT2D eigenvalue weighted by atomic mass is 35.5. The SMILES string of the molecule is CCC(=O)Nc1n[nH]c(-c2c(Cl)cc(Cl)cc2Cl)c1C#N. The Labute approximate surface area is 135 Å².